The maximum Gasteiger partial charge on any atom is 0.318 e. The van der Waals surface area contributed by atoms with E-state index in [4.69, 9.17) is 5.73 Å². The summed E-state index contributed by atoms with van der Waals surface area (Å²) in [4.78, 5) is 28.7. The molecule has 170 valence electrons. The Morgan fingerprint density at radius 1 is 0.969 bits per heavy atom. The SMILES string of the molecule is Nc1cccc(C(=O)N2CCC(O)(CCCCNC(=O)N3Cc4ccccc4C3)CC2)c1. The molecule has 2 aromatic carbocycles. The first kappa shape index (κ1) is 22.1. The molecule has 2 heterocycles. The zero-order valence-electron chi connectivity index (χ0n) is 18.4. The Kier molecular flexibility index (Phi) is 6.65. The quantitative estimate of drug-likeness (QED) is 0.479. The second-order valence-electron chi connectivity index (χ2n) is 8.96. The van der Waals surface area contributed by atoms with Crippen molar-refractivity contribution in [3.05, 3.63) is 65.2 Å². The molecule has 0 radical (unpaired) electrons. The van der Waals surface area contributed by atoms with Crippen molar-refractivity contribution in [2.24, 2.45) is 0 Å². The number of hydrogen-bond acceptors (Lipinski definition) is 4. The molecule has 4 N–H and O–H groups in total. The van der Waals surface area contributed by atoms with Crippen LogP contribution in [0.5, 0.6) is 0 Å². The van der Waals surface area contributed by atoms with Crippen LogP contribution in [0.2, 0.25) is 0 Å². The van der Waals surface area contributed by atoms with E-state index in [0.29, 0.717) is 63.2 Å². The molecule has 2 aliphatic rings. The highest BCUT2D eigenvalue weighted by molar-refractivity contribution is 5.95. The molecule has 3 amide bonds. The van der Waals surface area contributed by atoms with Crippen LogP contribution in [0.15, 0.2) is 48.5 Å². The Hall–Kier alpha value is -3.06. The number of likely N-dealkylation sites (tertiary alicyclic amines) is 1. The molecule has 0 aromatic heterocycles. The monoisotopic (exact) mass is 436 g/mol. The summed E-state index contributed by atoms with van der Waals surface area (Å²) in [6, 6.07) is 15.1. The van der Waals surface area contributed by atoms with Crippen molar-refractivity contribution in [2.75, 3.05) is 25.4 Å². The van der Waals surface area contributed by atoms with Gasteiger partial charge >= 0.3 is 6.03 Å². The topological polar surface area (TPSA) is 98.9 Å². The number of rotatable bonds is 6. The van der Waals surface area contributed by atoms with Gasteiger partial charge in [-0.3, -0.25) is 4.79 Å². The summed E-state index contributed by atoms with van der Waals surface area (Å²) in [6.45, 7) is 2.99. The second-order valence-corrected chi connectivity index (χ2v) is 8.96. The lowest BCUT2D eigenvalue weighted by molar-refractivity contribution is -0.0244. The van der Waals surface area contributed by atoms with Crippen LogP contribution >= 0.6 is 0 Å². The van der Waals surface area contributed by atoms with Gasteiger partial charge in [0, 0.05) is 44.0 Å². The Morgan fingerprint density at radius 2 is 1.66 bits per heavy atom. The lowest BCUT2D eigenvalue weighted by atomic mass is 9.86. The van der Waals surface area contributed by atoms with Crippen LogP contribution in [0.25, 0.3) is 0 Å². The molecular formula is C25H32N4O3. The molecule has 4 rings (SSSR count). The Labute approximate surface area is 189 Å². The van der Waals surface area contributed by atoms with Crippen LogP contribution in [0.3, 0.4) is 0 Å². The fourth-order valence-corrected chi connectivity index (χ4v) is 4.59. The van der Waals surface area contributed by atoms with Gasteiger partial charge in [0.2, 0.25) is 0 Å². The number of piperidine rings is 1. The summed E-state index contributed by atoms with van der Waals surface area (Å²) in [7, 11) is 0. The van der Waals surface area contributed by atoms with E-state index in [9.17, 15) is 14.7 Å². The number of nitrogens with zero attached hydrogens (tertiary/aromatic N) is 2. The average molecular weight is 437 g/mol. The van der Waals surface area contributed by atoms with E-state index in [0.717, 1.165) is 12.8 Å². The van der Waals surface area contributed by atoms with Gasteiger partial charge in [-0.05, 0) is 61.4 Å². The van der Waals surface area contributed by atoms with E-state index in [1.165, 1.54) is 11.1 Å². The number of nitrogens with two attached hydrogens (primary N) is 1. The van der Waals surface area contributed by atoms with Crippen LogP contribution in [0.1, 0.15) is 53.6 Å². The van der Waals surface area contributed by atoms with Gasteiger partial charge in [0.15, 0.2) is 0 Å². The summed E-state index contributed by atoms with van der Waals surface area (Å²) in [6.07, 6.45) is 3.47. The van der Waals surface area contributed by atoms with Crippen molar-refractivity contribution in [2.45, 2.75) is 50.8 Å². The lowest BCUT2D eigenvalue weighted by Crippen LogP contribution is -2.46. The standard InChI is InChI=1S/C25H32N4O3/c26-22-9-5-8-19(16-22)23(30)28-14-11-25(32,12-15-28)10-3-4-13-27-24(31)29-17-20-6-1-2-7-21(20)18-29/h1-2,5-9,16,32H,3-4,10-15,17-18,26H2,(H,27,31). The Bertz CT molecular complexity index is 944. The molecule has 0 spiro atoms. The zero-order chi connectivity index (χ0) is 22.6. The third kappa shape index (κ3) is 5.22. The summed E-state index contributed by atoms with van der Waals surface area (Å²) >= 11 is 0. The van der Waals surface area contributed by atoms with E-state index < -0.39 is 5.60 Å². The predicted octanol–water partition coefficient (Wildman–Crippen LogP) is 3.13. The van der Waals surface area contributed by atoms with Gasteiger partial charge in [-0.2, -0.15) is 0 Å². The van der Waals surface area contributed by atoms with Crippen LogP contribution < -0.4 is 11.1 Å². The summed E-state index contributed by atoms with van der Waals surface area (Å²) in [5, 5.41) is 13.9. The Morgan fingerprint density at radius 3 is 2.31 bits per heavy atom. The minimum Gasteiger partial charge on any atom is -0.399 e. The molecule has 1 fully saturated rings. The minimum atomic E-state index is -0.743. The second kappa shape index (κ2) is 9.61. The predicted molar refractivity (Wildman–Crippen MR) is 124 cm³/mol. The number of nitrogens with one attached hydrogen (secondary N) is 1. The highest BCUT2D eigenvalue weighted by Crippen LogP contribution is 2.28. The first-order valence-corrected chi connectivity index (χ1v) is 11.4. The third-order valence-corrected chi connectivity index (χ3v) is 6.59. The van der Waals surface area contributed by atoms with Crippen molar-refractivity contribution in [3.63, 3.8) is 0 Å². The number of benzene rings is 2. The molecule has 0 unspecified atom stereocenters. The number of nitrogen functional groups attached to an aromatic ring is 1. The van der Waals surface area contributed by atoms with Gasteiger partial charge in [0.05, 0.1) is 5.60 Å². The Balaban J connectivity index is 1.14. The van der Waals surface area contributed by atoms with Crippen LogP contribution in [-0.4, -0.2) is 52.1 Å². The minimum absolute atomic E-state index is 0.0340. The first-order chi connectivity index (χ1) is 15.4. The van der Waals surface area contributed by atoms with Gasteiger partial charge in [-0.1, -0.05) is 30.3 Å². The largest absolute Gasteiger partial charge is 0.399 e. The van der Waals surface area contributed by atoms with E-state index in [1.54, 1.807) is 29.2 Å². The van der Waals surface area contributed by atoms with Gasteiger partial charge in [0.1, 0.15) is 0 Å². The smallest absolute Gasteiger partial charge is 0.318 e. The molecular weight excluding hydrogens is 404 g/mol. The van der Waals surface area contributed by atoms with Crippen LogP contribution in [0, 0.1) is 0 Å². The van der Waals surface area contributed by atoms with Crippen molar-refractivity contribution in [3.8, 4) is 0 Å². The zero-order valence-corrected chi connectivity index (χ0v) is 18.4. The fourth-order valence-electron chi connectivity index (χ4n) is 4.59. The van der Waals surface area contributed by atoms with Crippen LogP contribution in [-0.2, 0) is 13.1 Å². The molecule has 0 atom stereocenters. The maximum absolute atomic E-state index is 12.7. The molecule has 2 aromatic rings. The van der Waals surface area contributed by atoms with E-state index >= 15 is 0 Å². The highest BCUT2D eigenvalue weighted by Gasteiger charge is 2.33. The molecule has 32 heavy (non-hydrogen) atoms. The van der Waals surface area contributed by atoms with Gasteiger partial charge in [0.25, 0.3) is 5.91 Å². The van der Waals surface area contributed by atoms with Crippen molar-refractivity contribution in [1.29, 1.82) is 0 Å². The highest BCUT2D eigenvalue weighted by atomic mass is 16.3. The maximum atomic E-state index is 12.7. The number of urea groups is 1. The summed E-state index contributed by atoms with van der Waals surface area (Å²) < 4.78 is 0. The number of unbranched alkanes of at least 4 members (excludes halogenated alkanes) is 1. The van der Waals surface area contributed by atoms with E-state index in [-0.39, 0.29) is 11.9 Å². The van der Waals surface area contributed by atoms with Gasteiger partial charge < -0.3 is 26.0 Å². The van der Waals surface area contributed by atoms with E-state index in [2.05, 4.69) is 17.4 Å². The number of carbonyl (C=O) groups excluding carboxylic acids is 2. The molecule has 0 saturated carbocycles. The molecule has 0 bridgehead atoms. The number of hydrogen-bond donors (Lipinski definition) is 3. The number of anilines is 1. The number of fused-ring (bicyclic) bond motifs is 1. The molecule has 1 saturated heterocycles. The van der Waals surface area contributed by atoms with Crippen molar-refractivity contribution in [1.82, 2.24) is 15.1 Å². The third-order valence-electron chi connectivity index (χ3n) is 6.59. The lowest BCUT2D eigenvalue weighted by Gasteiger charge is -2.38. The normalized spacial score (nSPS) is 17.2. The number of aliphatic hydroxyl groups is 1. The van der Waals surface area contributed by atoms with Crippen molar-refractivity contribution >= 4 is 17.6 Å². The molecule has 2 aliphatic heterocycles. The van der Waals surface area contributed by atoms with Gasteiger partial charge in [-0.25, -0.2) is 4.79 Å². The van der Waals surface area contributed by atoms with Gasteiger partial charge in [-0.15, -0.1) is 0 Å². The van der Waals surface area contributed by atoms with E-state index in [1.807, 2.05) is 17.0 Å². The van der Waals surface area contributed by atoms with Crippen LogP contribution in [0.4, 0.5) is 10.5 Å². The van der Waals surface area contributed by atoms with Crippen molar-refractivity contribution < 1.29 is 14.7 Å². The molecule has 0 aliphatic carbocycles. The number of carbonyl (C=O) groups is 2. The molecule has 7 nitrogen and oxygen atoms in total. The molecule has 7 heteroatoms. The first-order valence-electron chi connectivity index (χ1n) is 11.4. The fraction of sp³-hybridized carbons (Fsp3) is 0.440. The average Bonchev–Trinajstić information content (AvgIpc) is 3.23. The summed E-state index contributed by atoms with van der Waals surface area (Å²) in [5.41, 5.74) is 8.63. The summed E-state index contributed by atoms with van der Waals surface area (Å²) in [5.74, 6) is -0.0360. The number of amides is 3.